The van der Waals surface area contributed by atoms with E-state index in [1.54, 1.807) is 0 Å². The smallest absolute Gasteiger partial charge is 0.307 e. The van der Waals surface area contributed by atoms with Gasteiger partial charge in [0.05, 0.1) is 18.1 Å². The Morgan fingerprint density at radius 1 is 1.09 bits per heavy atom. The van der Waals surface area contributed by atoms with Gasteiger partial charge in [-0.2, -0.15) is 5.26 Å². The first-order chi connectivity index (χ1) is 16.0. The molecule has 3 aliphatic heterocycles. The Morgan fingerprint density at radius 2 is 1.82 bits per heavy atom. The fourth-order valence-electron chi connectivity index (χ4n) is 6.15. The normalized spacial score (nSPS) is 27.3. The summed E-state index contributed by atoms with van der Waals surface area (Å²) in [7, 11) is 4.26. The van der Waals surface area contributed by atoms with Crippen LogP contribution in [0.4, 0.5) is 5.69 Å². The molecule has 6 nitrogen and oxygen atoms in total. The Balaban J connectivity index is 1.21. The zero-order valence-corrected chi connectivity index (χ0v) is 19.7. The average Bonchev–Trinajstić information content (AvgIpc) is 3.39. The van der Waals surface area contributed by atoms with Crippen molar-refractivity contribution in [3.8, 4) is 6.07 Å². The quantitative estimate of drug-likeness (QED) is 0.630. The van der Waals surface area contributed by atoms with E-state index in [0.29, 0.717) is 24.5 Å². The minimum absolute atomic E-state index is 0.0176. The minimum atomic E-state index is -0.0509. The van der Waals surface area contributed by atoms with Crippen LogP contribution in [0.1, 0.15) is 44.1 Å². The molecule has 3 fully saturated rings. The second-order valence-electron chi connectivity index (χ2n) is 10.1. The first-order valence-corrected chi connectivity index (χ1v) is 12.3. The fraction of sp³-hybridized carbons (Fsp3) is 0.556. The molecule has 3 unspecified atom stereocenters. The number of benzene rings is 2. The average molecular weight is 447 g/mol. The van der Waals surface area contributed by atoms with Crippen LogP contribution >= 0.6 is 0 Å². The van der Waals surface area contributed by atoms with E-state index in [4.69, 9.17) is 4.74 Å². The van der Waals surface area contributed by atoms with Gasteiger partial charge in [-0.25, -0.2) is 0 Å². The lowest BCUT2D eigenvalue weighted by Crippen LogP contribution is -2.46. The van der Waals surface area contributed by atoms with E-state index in [9.17, 15) is 10.1 Å². The van der Waals surface area contributed by atoms with E-state index < -0.39 is 0 Å². The molecule has 0 amide bonds. The van der Waals surface area contributed by atoms with Gasteiger partial charge in [-0.1, -0.05) is 24.3 Å². The highest BCUT2D eigenvalue weighted by atomic mass is 16.5. The van der Waals surface area contributed by atoms with Gasteiger partial charge >= 0.3 is 5.97 Å². The number of nitrogens with zero attached hydrogens (tertiary/aromatic N) is 4. The van der Waals surface area contributed by atoms with Crippen LogP contribution < -0.4 is 4.90 Å². The SMILES string of the molecule is CN(C)C1CCN(CCC(=O)OC2CC3CCC(C2)N3c2ccc(C#N)c3ccccc23)C1. The fourth-order valence-corrected chi connectivity index (χ4v) is 6.15. The van der Waals surface area contributed by atoms with E-state index in [0.717, 1.165) is 61.7 Å². The molecule has 2 aromatic rings. The maximum absolute atomic E-state index is 12.6. The topological polar surface area (TPSA) is 59.8 Å². The van der Waals surface area contributed by atoms with Gasteiger partial charge in [0.1, 0.15) is 6.10 Å². The van der Waals surface area contributed by atoms with Gasteiger partial charge in [0.25, 0.3) is 0 Å². The number of likely N-dealkylation sites (tertiary alicyclic amines) is 1. The first kappa shape index (κ1) is 22.2. The summed E-state index contributed by atoms with van der Waals surface area (Å²) in [6.45, 7) is 2.91. The van der Waals surface area contributed by atoms with Crippen molar-refractivity contribution in [2.45, 2.75) is 62.8 Å². The van der Waals surface area contributed by atoms with Crippen molar-refractivity contribution >= 4 is 22.4 Å². The maximum atomic E-state index is 12.6. The number of piperidine rings is 1. The van der Waals surface area contributed by atoms with Crippen LogP contribution in [0.5, 0.6) is 0 Å². The van der Waals surface area contributed by atoms with E-state index in [1.807, 2.05) is 24.3 Å². The molecule has 3 aliphatic rings. The van der Waals surface area contributed by atoms with Crippen molar-refractivity contribution in [2.24, 2.45) is 0 Å². The molecule has 3 heterocycles. The maximum Gasteiger partial charge on any atom is 0.307 e. The van der Waals surface area contributed by atoms with E-state index in [2.05, 4.69) is 47.0 Å². The number of esters is 1. The Kier molecular flexibility index (Phi) is 6.27. The third-order valence-corrected chi connectivity index (χ3v) is 7.90. The molecule has 174 valence electrons. The summed E-state index contributed by atoms with van der Waals surface area (Å²) < 4.78 is 5.97. The molecule has 0 aliphatic carbocycles. The standard InChI is InChI=1S/C27H34N4O2/c1-29(2)22-11-13-30(18-22)14-12-27(32)33-23-15-20-8-9-21(16-23)31(20)26-10-7-19(17-28)24-5-3-4-6-25(24)26/h3-7,10,20-23H,8-9,11-16,18H2,1-2H3. The monoisotopic (exact) mass is 446 g/mol. The first-order valence-electron chi connectivity index (χ1n) is 12.3. The molecule has 0 radical (unpaired) electrons. The number of carbonyl (C=O) groups is 1. The van der Waals surface area contributed by atoms with Gasteiger partial charge in [0.2, 0.25) is 0 Å². The Bertz CT molecular complexity index is 1050. The summed E-state index contributed by atoms with van der Waals surface area (Å²) in [6, 6.07) is 15.9. The molecule has 33 heavy (non-hydrogen) atoms. The zero-order valence-electron chi connectivity index (χ0n) is 19.7. The summed E-state index contributed by atoms with van der Waals surface area (Å²) in [5.74, 6) is -0.0509. The van der Waals surface area contributed by atoms with Crippen LogP contribution in [0.25, 0.3) is 10.8 Å². The summed E-state index contributed by atoms with van der Waals surface area (Å²) in [4.78, 5) is 19.8. The zero-order chi connectivity index (χ0) is 22.9. The second-order valence-corrected chi connectivity index (χ2v) is 10.1. The number of likely N-dealkylation sites (N-methyl/N-ethyl adjacent to an activating group) is 1. The van der Waals surface area contributed by atoms with Crippen LogP contribution in [-0.4, -0.2) is 73.7 Å². The number of fused-ring (bicyclic) bond motifs is 3. The van der Waals surface area contributed by atoms with Crippen LogP contribution in [0.15, 0.2) is 36.4 Å². The highest BCUT2D eigenvalue weighted by Crippen LogP contribution is 2.43. The molecular weight excluding hydrogens is 412 g/mol. The number of ether oxygens (including phenoxy) is 1. The minimum Gasteiger partial charge on any atom is -0.462 e. The Morgan fingerprint density at radius 3 is 2.48 bits per heavy atom. The van der Waals surface area contributed by atoms with Gasteiger partial charge in [-0.3, -0.25) is 4.79 Å². The number of nitriles is 1. The molecule has 0 spiro atoms. The molecule has 5 rings (SSSR count). The second kappa shape index (κ2) is 9.32. The van der Waals surface area contributed by atoms with E-state index in [1.165, 1.54) is 12.1 Å². The van der Waals surface area contributed by atoms with Crippen molar-refractivity contribution in [3.63, 3.8) is 0 Å². The molecule has 0 saturated carbocycles. The van der Waals surface area contributed by atoms with Crippen molar-refractivity contribution in [1.29, 1.82) is 5.26 Å². The molecule has 2 aromatic carbocycles. The lowest BCUT2D eigenvalue weighted by Gasteiger charge is -2.40. The van der Waals surface area contributed by atoms with Gasteiger partial charge < -0.3 is 19.4 Å². The van der Waals surface area contributed by atoms with Crippen LogP contribution in [0.3, 0.4) is 0 Å². The number of rotatable bonds is 6. The third kappa shape index (κ3) is 4.45. The number of hydrogen-bond acceptors (Lipinski definition) is 6. The predicted molar refractivity (Wildman–Crippen MR) is 130 cm³/mol. The molecule has 0 aromatic heterocycles. The largest absolute Gasteiger partial charge is 0.462 e. The summed E-state index contributed by atoms with van der Waals surface area (Å²) in [5, 5.41) is 11.7. The Labute approximate surface area is 196 Å². The van der Waals surface area contributed by atoms with Crippen LogP contribution in [-0.2, 0) is 9.53 Å². The van der Waals surface area contributed by atoms with E-state index >= 15 is 0 Å². The van der Waals surface area contributed by atoms with Gasteiger partial charge in [0, 0.05) is 60.5 Å². The molecule has 0 N–H and O–H groups in total. The molecule has 2 bridgehead atoms. The van der Waals surface area contributed by atoms with Crippen LogP contribution in [0, 0.1) is 11.3 Å². The third-order valence-electron chi connectivity index (χ3n) is 7.90. The number of hydrogen-bond donors (Lipinski definition) is 0. The number of carbonyl (C=O) groups excluding carboxylic acids is 1. The molecular formula is C27H34N4O2. The molecule has 6 heteroatoms. The van der Waals surface area contributed by atoms with Gasteiger partial charge in [-0.15, -0.1) is 0 Å². The highest BCUT2D eigenvalue weighted by molar-refractivity contribution is 5.98. The molecule has 3 atom stereocenters. The van der Waals surface area contributed by atoms with Gasteiger partial charge in [0.15, 0.2) is 0 Å². The highest BCUT2D eigenvalue weighted by Gasteiger charge is 2.42. The lowest BCUT2D eigenvalue weighted by molar-refractivity contribution is -0.150. The summed E-state index contributed by atoms with van der Waals surface area (Å²) in [6.07, 6.45) is 5.72. The molecule has 3 saturated heterocycles. The predicted octanol–water partition coefficient (Wildman–Crippen LogP) is 3.78. The van der Waals surface area contributed by atoms with Crippen molar-refractivity contribution < 1.29 is 9.53 Å². The van der Waals surface area contributed by atoms with Crippen molar-refractivity contribution in [3.05, 3.63) is 42.0 Å². The van der Waals surface area contributed by atoms with E-state index in [-0.39, 0.29) is 12.1 Å². The number of anilines is 1. The van der Waals surface area contributed by atoms with Crippen molar-refractivity contribution in [1.82, 2.24) is 9.80 Å². The Hall–Kier alpha value is -2.62. The lowest BCUT2D eigenvalue weighted by atomic mass is 9.96. The van der Waals surface area contributed by atoms with Gasteiger partial charge in [-0.05, 0) is 52.0 Å². The summed E-state index contributed by atoms with van der Waals surface area (Å²) >= 11 is 0. The van der Waals surface area contributed by atoms with Crippen molar-refractivity contribution in [2.75, 3.05) is 38.6 Å². The summed E-state index contributed by atoms with van der Waals surface area (Å²) in [5.41, 5.74) is 1.94. The van der Waals surface area contributed by atoms with Crippen LogP contribution in [0.2, 0.25) is 0 Å².